The van der Waals surface area contributed by atoms with Crippen LogP contribution in [-0.2, 0) is 6.42 Å². The lowest BCUT2D eigenvalue weighted by Crippen LogP contribution is -2.40. The number of hydrogen-bond acceptors (Lipinski definition) is 4. The van der Waals surface area contributed by atoms with E-state index >= 15 is 0 Å². The highest BCUT2D eigenvalue weighted by Crippen LogP contribution is 2.29. The maximum absolute atomic E-state index is 12.2. The van der Waals surface area contributed by atoms with Crippen LogP contribution in [-0.4, -0.2) is 36.1 Å². The van der Waals surface area contributed by atoms with E-state index in [0.717, 1.165) is 23.7 Å². The third-order valence-electron chi connectivity index (χ3n) is 4.78. The first kappa shape index (κ1) is 18.4. The van der Waals surface area contributed by atoms with Crippen molar-refractivity contribution in [1.82, 2.24) is 15.2 Å². The Morgan fingerprint density at radius 2 is 2.12 bits per heavy atom. The van der Waals surface area contributed by atoms with Gasteiger partial charge in [-0.05, 0) is 44.2 Å². The second-order valence-electron chi connectivity index (χ2n) is 6.88. The van der Waals surface area contributed by atoms with Gasteiger partial charge in [-0.25, -0.2) is 9.78 Å². The molecule has 2 heterocycles. The molecule has 0 aromatic carbocycles. The number of urea groups is 1. The summed E-state index contributed by atoms with van der Waals surface area (Å²) < 4.78 is 0. The lowest BCUT2D eigenvalue weighted by atomic mass is 9.89. The van der Waals surface area contributed by atoms with Gasteiger partial charge in [-0.15, -0.1) is 22.7 Å². The highest BCUT2D eigenvalue weighted by atomic mass is 32.1. The molecule has 4 nitrogen and oxygen atoms in total. The average molecular weight is 378 g/mol. The Bertz CT molecular complexity index is 688. The topological polar surface area (TPSA) is 45.2 Å². The van der Waals surface area contributed by atoms with Crippen LogP contribution >= 0.6 is 22.7 Å². The zero-order valence-electron chi connectivity index (χ0n) is 15.1. The van der Waals surface area contributed by atoms with Crippen molar-refractivity contribution < 1.29 is 4.79 Å². The fourth-order valence-corrected chi connectivity index (χ4v) is 5.05. The Labute approximate surface area is 158 Å². The standard InChI is InChI=1S/C19H27N3OS2/c1-14-21-17(13-24-14)18-9-8-16(25-18)10-11-20-19(23)22(2)12-15-6-4-3-5-7-15/h8-9,13,15H,3-7,10-12H2,1-2H3,(H,20,23). The summed E-state index contributed by atoms with van der Waals surface area (Å²) >= 11 is 3.45. The molecule has 0 radical (unpaired) electrons. The minimum absolute atomic E-state index is 0.0532. The van der Waals surface area contributed by atoms with Crippen LogP contribution in [0.25, 0.3) is 10.6 Å². The first-order chi connectivity index (χ1) is 12.1. The van der Waals surface area contributed by atoms with Crippen molar-refractivity contribution in [2.45, 2.75) is 45.4 Å². The molecule has 0 atom stereocenters. The molecule has 0 spiro atoms. The van der Waals surface area contributed by atoms with Gasteiger partial charge in [0.1, 0.15) is 0 Å². The predicted octanol–water partition coefficient (Wildman–Crippen LogP) is 4.94. The molecule has 136 valence electrons. The molecule has 2 amide bonds. The average Bonchev–Trinajstić information content (AvgIpc) is 3.24. The van der Waals surface area contributed by atoms with Crippen molar-refractivity contribution in [2.24, 2.45) is 5.92 Å². The zero-order valence-corrected chi connectivity index (χ0v) is 16.7. The van der Waals surface area contributed by atoms with Crippen molar-refractivity contribution in [2.75, 3.05) is 20.1 Å². The molecule has 2 aromatic heterocycles. The van der Waals surface area contributed by atoms with Crippen molar-refractivity contribution in [3.05, 3.63) is 27.4 Å². The minimum Gasteiger partial charge on any atom is -0.338 e. The number of amides is 2. The zero-order chi connectivity index (χ0) is 17.6. The number of aryl methyl sites for hydroxylation is 1. The van der Waals surface area contributed by atoms with Gasteiger partial charge < -0.3 is 10.2 Å². The summed E-state index contributed by atoms with van der Waals surface area (Å²) in [7, 11) is 1.91. The van der Waals surface area contributed by atoms with Crippen LogP contribution < -0.4 is 5.32 Å². The maximum Gasteiger partial charge on any atom is 0.317 e. The van der Waals surface area contributed by atoms with Crippen LogP contribution in [0.5, 0.6) is 0 Å². The summed E-state index contributed by atoms with van der Waals surface area (Å²) in [5, 5.41) is 6.25. The van der Waals surface area contributed by atoms with Crippen LogP contribution in [0.1, 0.15) is 42.0 Å². The van der Waals surface area contributed by atoms with E-state index < -0.39 is 0 Å². The van der Waals surface area contributed by atoms with Crippen LogP contribution in [0.4, 0.5) is 4.79 Å². The minimum atomic E-state index is 0.0532. The van der Waals surface area contributed by atoms with Gasteiger partial charge in [0.2, 0.25) is 0 Å². The fraction of sp³-hybridized carbons (Fsp3) is 0.579. The summed E-state index contributed by atoms with van der Waals surface area (Å²) in [5.41, 5.74) is 1.06. The van der Waals surface area contributed by atoms with E-state index in [-0.39, 0.29) is 6.03 Å². The molecular weight excluding hydrogens is 350 g/mol. The number of thiazole rings is 1. The second-order valence-corrected chi connectivity index (χ2v) is 9.11. The molecular formula is C19H27N3OS2. The fourth-order valence-electron chi connectivity index (χ4n) is 3.39. The van der Waals surface area contributed by atoms with E-state index in [0.29, 0.717) is 12.5 Å². The number of aromatic nitrogens is 1. The molecule has 1 aliphatic rings. The normalized spacial score (nSPS) is 15.3. The smallest absolute Gasteiger partial charge is 0.317 e. The lowest BCUT2D eigenvalue weighted by molar-refractivity contribution is 0.192. The van der Waals surface area contributed by atoms with Crippen molar-refractivity contribution >= 4 is 28.7 Å². The van der Waals surface area contributed by atoms with Crippen LogP contribution in [0.2, 0.25) is 0 Å². The molecule has 3 rings (SSSR count). The molecule has 1 aliphatic carbocycles. The van der Waals surface area contributed by atoms with Gasteiger partial charge in [0.25, 0.3) is 0 Å². The SMILES string of the molecule is Cc1nc(-c2ccc(CCNC(=O)N(C)CC3CCCCC3)s2)cs1. The quantitative estimate of drug-likeness (QED) is 0.774. The largest absolute Gasteiger partial charge is 0.338 e. The van der Waals surface area contributed by atoms with Gasteiger partial charge in [0.15, 0.2) is 0 Å². The third-order valence-corrected chi connectivity index (χ3v) is 6.73. The summed E-state index contributed by atoms with van der Waals surface area (Å²) in [6, 6.07) is 4.33. The maximum atomic E-state index is 12.2. The second kappa shape index (κ2) is 8.81. The Morgan fingerprint density at radius 1 is 1.32 bits per heavy atom. The van der Waals surface area contributed by atoms with Gasteiger partial charge in [0, 0.05) is 30.4 Å². The Kier molecular flexibility index (Phi) is 6.48. The Balaban J connectivity index is 1.41. The number of rotatable bonds is 6. The summed E-state index contributed by atoms with van der Waals surface area (Å²) in [6.45, 7) is 3.60. The van der Waals surface area contributed by atoms with E-state index in [1.165, 1.54) is 41.9 Å². The van der Waals surface area contributed by atoms with E-state index in [1.807, 2.05) is 18.9 Å². The number of carbonyl (C=O) groups excluding carboxylic acids is 1. The molecule has 25 heavy (non-hydrogen) atoms. The van der Waals surface area contributed by atoms with Gasteiger partial charge in [0.05, 0.1) is 15.6 Å². The highest BCUT2D eigenvalue weighted by Gasteiger charge is 2.18. The molecule has 0 unspecified atom stereocenters. The van der Waals surface area contributed by atoms with Crippen LogP contribution in [0.15, 0.2) is 17.5 Å². The number of thiophene rings is 1. The highest BCUT2D eigenvalue weighted by molar-refractivity contribution is 7.16. The summed E-state index contributed by atoms with van der Waals surface area (Å²) in [5.74, 6) is 0.686. The van der Waals surface area contributed by atoms with Crippen LogP contribution in [0, 0.1) is 12.8 Å². The molecule has 0 saturated heterocycles. The first-order valence-electron chi connectivity index (χ1n) is 9.12. The third kappa shape index (κ3) is 5.28. The molecule has 1 saturated carbocycles. The van der Waals surface area contributed by atoms with Gasteiger partial charge in [-0.3, -0.25) is 0 Å². The number of carbonyl (C=O) groups is 1. The van der Waals surface area contributed by atoms with Crippen molar-refractivity contribution in [1.29, 1.82) is 0 Å². The molecule has 0 aliphatic heterocycles. The molecule has 0 bridgehead atoms. The van der Waals surface area contributed by atoms with E-state index in [4.69, 9.17) is 0 Å². The summed E-state index contributed by atoms with van der Waals surface area (Å²) in [6.07, 6.45) is 7.41. The van der Waals surface area contributed by atoms with E-state index in [1.54, 1.807) is 22.7 Å². The molecule has 6 heteroatoms. The van der Waals surface area contributed by atoms with Gasteiger partial charge in [-0.2, -0.15) is 0 Å². The lowest BCUT2D eigenvalue weighted by Gasteiger charge is -2.27. The summed E-state index contributed by atoms with van der Waals surface area (Å²) in [4.78, 5) is 21.1. The number of nitrogens with zero attached hydrogens (tertiary/aromatic N) is 2. The van der Waals surface area contributed by atoms with Crippen LogP contribution in [0.3, 0.4) is 0 Å². The van der Waals surface area contributed by atoms with Crippen molar-refractivity contribution in [3.8, 4) is 10.6 Å². The monoisotopic (exact) mass is 377 g/mol. The van der Waals surface area contributed by atoms with Crippen molar-refractivity contribution in [3.63, 3.8) is 0 Å². The van der Waals surface area contributed by atoms with Gasteiger partial charge in [-0.1, -0.05) is 19.3 Å². The van der Waals surface area contributed by atoms with E-state index in [2.05, 4.69) is 27.8 Å². The van der Waals surface area contributed by atoms with Gasteiger partial charge >= 0.3 is 6.03 Å². The number of nitrogens with one attached hydrogen (secondary N) is 1. The molecule has 1 N–H and O–H groups in total. The Morgan fingerprint density at radius 3 is 2.84 bits per heavy atom. The Hall–Kier alpha value is -1.40. The molecule has 1 fully saturated rings. The predicted molar refractivity (Wildman–Crippen MR) is 106 cm³/mol. The van der Waals surface area contributed by atoms with E-state index in [9.17, 15) is 4.79 Å². The first-order valence-corrected chi connectivity index (χ1v) is 10.8. The molecule has 2 aromatic rings. The number of hydrogen-bond donors (Lipinski definition) is 1.